The number of aromatic hydroxyl groups is 1. The smallest absolute Gasteiger partial charge is 0.228 e. The molecule has 0 aliphatic carbocycles. The van der Waals surface area contributed by atoms with Crippen LogP contribution in [0.5, 0.6) is 5.75 Å². The van der Waals surface area contributed by atoms with E-state index in [1.54, 1.807) is 18.3 Å². The highest BCUT2D eigenvalue weighted by Crippen LogP contribution is 2.28. The average molecular weight is 384 g/mol. The second-order valence-electron chi connectivity index (χ2n) is 6.90. The second kappa shape index (κ2) is 7.84. The zero-order valence-corrected chi connectivity index (χ0v) is 16.1. The lowest BCUT2D eigenvalue weighted by Crippen LogP contribution is -2.40. The maximum atomic E-state index is 12.3. The van der Waals surface area contributed by atoms with Gasteiger partial charge in [-0.3, -0.25) is 9.78 Å². The van der Waals surface area contributed by atoms with Crippen molar-refractivity contribution in [2.75, 3.05) is 6.54 Å². The van der Waals surface area contributed by atoms with Gasteiger partial charge in [-0.25, -0.2) is 0 Å². The lowest BCUT2D eigenvalue weighted by Gasteiger charge is -2.38. The van der Waals surface area contributed by atoms with E-state index in [1.165, 1.54) is 6.07 Å². The predicted octanol–water partition coefficient (Wildman–Crippen LogP) is 3.75. The Morgan fingerprint density at radius 1 is 1.33 bits per heavy atom. The van der Waals surface area contributed by atoms with Crippen LogP contribution >= 0.6 is 11.6 Å². The molecule has 3 rings (SSSR count). The summed E-state index contributed by atoms with van der Waals surface area (Å²) in [6.07, 6.45) is 7.63. The van der Waals surface area contributed by atoms with Gasteiger partial charge in [0.1, 0.15) is 5.75 Å². The highest BCUT2D eigenvalue weighted by molar-refractivity contribution is 6.30. The van der Waals surface area contributed by atoms with Gasteiger partial charge in [0.05, 0.1) is 17.7 Å². The molecule has 2 N–H and O–H groups in total. The van der Waals surface area contributed by atoms with E-state index < -0.39 is 0 Å². The molecule has 140 valence electrons. The first kappa shape index (κ1) is 19.0. The number of amides is 1. The number of carbonyl (C=O) groups is 1. The van der Waals surface area contributed by atoms with Crippen LogP contribution in [-0.2, 0) is 16.8 Å². The van der Waals surface area contributed by atoms with Crippen molar-refractivity contribution in [3.63, 3.8) is 0 Å². The van der Waals surface area contributed by atoms with Gasteiger partial charge in [-0.2, -0.15) is 0 Å². The number of allylic oxidation sites excluding steroid dienone is 1. The van der Waals surface area contributed by atoms with Crippen molar-refractivity contribution in [3.8, 4) is 5.75 Å². The monoisotopic (exact) mass is 383 g/mol. The van der Waals surface area contributed by atoms with Crippen LogP contribution in [0.4, 0.5) is 0 Å². The molecule has 0 radical (unpaired) electrons. The normalized spacial score (nSPS) is 14.0. The van der Waals surface area contributed by atoms with Crippen LogP contribution < -0.4 is 5.32 Å². The molecule has 2 heterocycles. The molecule has 2 aromatic rings. The molecule has 0 saturated heterocycles. The summed E-state index contributed by atoms with van der Waals surface area (Å²) in [5, 5.41) is 13.2. The number of rotatable bonds is 5. The number of nitrogens with zero attached hydrogens (tertiary/aromatic N) is 2. The van der Waals surface area contributed by atoms with Crippen molar-refractivity contribution < 1.29 is 9.90 Å². The van der Waals surface area contributed by atoms with Crippen molar-refractivity contribution >= 4 is 17.5 Å². The first-order valence-corrected chi connectivity index (χ1v) is 9.08. The molecular formula is C21H22ClN3O2. The Morgan fingerprint density at radius 3 is 2.81 bits per heavy atom. The highest BCUT2D eigenvalue weighted by Gasteiger charge is 2.28. The molecule has 0 atom stereocenters. The van der Waals surface area contributed by atoms with E-state index in [1.807, 2.05) is 36.6 Å². The Bertz CT molecular complexity index is 892. The van der Waals surface area contributed by atoms with Gasteiger partial charge in [-0.15, -0.1) is 0 Å². The standard InChI is InChI=1S/C21H22ClN3O2/c1-21(2,19-5-3-4-10-23-19)25-11-8-17(9-12-25)24-20(27)14-15-13-16(22)6-7-18(15)26/h3-11,13,26H,12,14H2,1-2H3,(H,24,27). The van der Waals surface area contributed by atoms with Crippen LogP contribution in [0.3, 0.4) is 0 Å². The van der Waals surface area contributed by atoms with Gasteiger partial charge in [0.15, 0.2) is 0 Å². The summed E-state index contributed by atoms with van der Waals surface area (Å²) in [5.74, 6) is -0.146. The molecule has 1 aliphatic heterocycles. The first-order valence-electron chi connectivity index (χ1n) is 8.70. The number of phenolic OH excluding ortho intramolecular Hbond substituents is 1. The van der Waals surface area contributed by atoms with Gasteiger partial charge in [0.2, 0.25) is 5.91 Å². The Balaban J connectivity index is 1.62. The number of carbonyl (C=O) groups excluding carboxylic acids is 1. The fourth-order valence-corrected chi connectivity index (χ4v) is 3.14. The molecule has 27 heavy (non-hydrogen) atoms. The summed E-state index contributed by atoms with van der Waals surface area (Å²) < 4.78 is 0. The first-order chi connectivity index (χ1) is 12.9. The summed E-state index contributed by atoms with van der Waals surface area (Å²) in [6, 6.07) is 10.6. The Morgan fingerprint density at radius 2 is 2.15 bits per heavy atom. The Hall–Kier alpha value is -2.79. The third-order valence-electron chi connectivity index (χ3n) is 4.63. The maximum absolute atomic E-state index is 12.3. The lowest BCUT2D eigenvalue weighted by molar-refractivity contribution is -0.119. The van der Waals surface area contributed by atoms with Crippen molar-refractivity contribution in [1.29, 1.82) is 0 Å². The van der Waals surface area contributed by atoms with Gasteiger partial charge in [0, 0.05) is 35.2 Å². The lowest BCUT2D eigenvalue weighted by atomic mass is 9.96. The van der Waals surface area contributed by atoms with Gasteiger partial charge in [0.25, 0.3) is 0 Å². The quantitative estimate of drug-likeness (QED) is 0.825. The molecule has 1 amide bonds. The summed E-state index contributed by atoms with van der Waals surface area (Å²) in [5.41, 5.74) is 1.94. The average Bonchev–Trinajstić information content (AvgIpc) is 2.66. The molecule has 5 nitrogen and oxygen atoms in total. The van der Waals surface area contributed by atoms with Crippen LogP contribution in [0.25, 0.3) is 0 Å². The molecule has 0 fully saturated rings. The fraction of sp³-hybridized carbons (Fsp3) is 0.238. The topological polar surface area (TPSA) is 65.5 Å². The van der Waals surface area contributed by atoms with E-state index in [9.17, 15) is 9.90 Å². The van der Waals surface area contributed by atoms with E-state index in [4.69, 9.17) is 11.6 Å². The molecular weight excluding hydrogens is 362 g/mol. The summed E-state index contributed by atoms with van der Waals surface area (Å²) in [4.78, 5) is 18.9. The molecule has 0 spiro atoms. The van der Waals surface area contributed by atoms with Gasteiger partial charge >= 0.3 is 0 Å². The van der Waals surface area contributed by atoms with Crippen LogP contribution in [0.1, 0.15) is 25.1 Å². The summed E-state index contributed by atoms with van der Waals surface area (Å²) in [7, 11) is 0. The molecule has 0 unspecified atom stereocenters. The van der Waals surface area contributed by atoms with Crippen molar-refractivity contribution in [2.24, 2.45) is 0 Å². The molecule has 0 bridgehead atoms. The van der Waals surface area contributed by atoms with Crippen molar-refractivity contribution in [2.45, 2.75) is 25.8 Å². The van der Waals surface area contributed by atoms with Gasteiger partial charge < -0.3 is 15.3 Å². The third-order valence-corrected chi connectivity index (χ3v) is 4.86. The SMILES string of the molecule is CC(C)(c1ccccn1)N1C=CC(NC(=O)Cc2cc(Cl)ccc2O)=CC1. The predicted molar refractivity (Wildman–Crippen MR) is 106 cm³/mol. The number of aromatic nitrogens is 1. The number of phenols is 1. The van der Waals surface area contributed by atoms with Crippen LogP contribution in [0.15, 0.2) is 66.6 Å². The summed E-state index contributed by atoms with van der Waals surface area (Å²) >= 11 is 5.93. The molecule has 1 aromatic carbocycles. The molecule has 1 aliphatic rings. The minimum Gasteiger partial charge on any atom is -0.508 e. The number of hydrogen-bond acceptors (Lipinski definition) is 4. The number of halogens is 1. The van der Waals surface area contributed by atoms with E-state index in [-0.39, 0.29) is 23.6 Å². The maximum Gasteiger partial charge on any atom is 0.228 e. The van der Waals surface area contributed by atoms with Crippen molar-refractivity contribution in [1.82, 2.24) is 15.2 Å². The third kappa shape index (κ3) is 4.49. The molecule has 6 heteroatoms. The van der Waals surface area contributed by atoms with Gasteiger partial charge in [-0.1, -0.05) is 17.7 Å². The number of pyridine rings is 1. The van der Waals surface area contributed by atoms with E-state index in [0.29, 0.717) is 17.1 Å². The molecule has 1 aromatic heterocycles. The van der Waals surface area contributed by atoms with E-state index in [0.717, 1.165) is 11.4 Å². The largest absolute Gasteiger partial charge is 0.508 e. The minimum atomic E-state index is -0.267. The van der Waals surface area contributed by atoms with Crippen LogP contribution in [0, 0.1) is 0 Å². The minimum absolute atomic E-state index is 0.0563. The second-order valence-corrected chi connectivity index (χ2v) is 7.34. The molecule has 0 saturated carbocycles. The van der Waals surface area contributed by atoms with Crippen molar-refractivity contribution in [3.05, 3.63) is 82.9 Å². The Labute approximate surface area is 164 Å². The number of hydrogen-bond donors (Lipinski definition) is 2. The van der Waals surface area contributed by atoms with Crippen LogP contribution in [0.2, 0.25) is 5.02 Å². The van der Waals surface area contributed by atoms with Crippen LogP contribution in [-0.4, -0.2) is 27.4 Å². The van der Waals surface area contributed by atoms with Gasteiger partial charge in [-0.05, 0) is 56.3 Å². The summed E-state index contributed by atoms with van der Waals surface area (Å²) in [6.45, 7) is 4.87. The number of benzene rings is 1. The zero-order valence-electron chi connectivity index (χ0n) is 15.3. The Kier molecular flexibility index (Phi) is 5.51. The number of nitrogens with one attached hydrogen (secondary N) is 1. The van der Waals surface area contributed by atoms with E-state index >= 15 is 0 Å². The van der Waals surface area contributed by atoms with E-state index in [2.05, 4.69) is 29.0 Å². The highest BCUT2D eigenvalue weighted by atomic mass is 35.5. The fourth-order valence-electron chi connectivity index (χ4n) is 2.95. The zero-order chi connectivity index (χ0) is 19.4.